The molecule has 8 heteroatoms. The lowest BCUT2D eigenvalue weighted by atomic mass is 9.90. The SMILES string of the molecule is C=c1oc(=O)cc/c1=C/C1=C(C)OC(C)(C)C(Oc2cc(-c3ccc(O)cc3OC)ncn2)C1. The zero-order chi connectivity index (χ0) is 24.5. The van der Waals surface area contributed by atoms with Gasteiger partial charge in [0.15, 0.2) is 0 Å². The minimum atomic E-state index is -0.626. The Balaban J connectivity index is 1.65. The van der Waals surface area contributed by atoms with Crippen LogP contribution in [0.1, 0.15) is 27.2 Å². The number of phenolic OH excluding ortho intramolecular Hbond substituents is 1. The number of ether oxygens (including phenoxy) is 3. The highest BCUT2D eigenvalue weighted by atomic mass is 16.6. The van der Waals surface area contributed by atoms with Crippen LogP contribution in [-0.2, 0) is 4.74 Å². The first-order valence-electron chi connectivity index (χ1n) is 10.7. The molecule has 3 heterocycles. The number of hydrogen-bond donors (Lipinski definition) is 1. The molecule has 34 heavy (non-hydrogen) atoms. The number of nitrogens with zero attached hydrogens (tertiary/aromatic N) is 2. The maximum absolute atomic E-state index is 11.4. The van der Waals surface area contributed by atoms with E-state index in [1.165, 1.54) is 25.6 Å². The second-order valence-corrected chi connectivity index (χ2v) is 8.50. The van der Waals surface area contributed by atoms with Crippen LogP contribution < -0.4 is 25.7 Å². The van der Waals surface area contributed by atoms with E-state index in [1.807, 2.05) is 26.8 Å². The average Bonchev–Trinajstić information content (AvgIpc) is 2.78. The third-order valence-corrected chi connectivity index (χ3v) is 5.69. The van der Waals surface area contributed by atoms with Crippen LogP contribution in [0.25, 0.3) is 23.9 Å². The molecule has 2 aromatic heterocycles. The molecular formula is C26H26N2O6. The van der Waals surface area contributed by atoms with Crippen LogP contribution in [-0.4, -0.2) is 33.9 Å². The van der Waals surface area contributed by atoms with Crippen molar-refractivity contribution in [1.29, 1.82) is 0 Å². The minimum Gasteiger partial charge on any atom is -0.508 e. The average molecular weight is 463 g/mol. The first kappa shape index (κ1) is 23.1. The molecule has 0 radical (unpaired) electrons. The number of hydrogen-bond acceptors (Lipinski definition) is 8. The van der Waals surface area contributed by atoms with Crippen molar-refractivity contribution < 1.29 is 23.7 Å². The predicted molar refractivity (Wildman–Crippen MR) is 127 cm³/mol. The number of phenols is 1. The quantitative estimate of drug-likeness (QED) is 0.617. The maximum atomic E-state index is 11.4. The van der Waals surface area contributed by atoms with E-state index in [1.54, 1.807) is 24.3 Å². The molecule has 8 nitrogen and oxygen atoms in total. The number of aromatic nitrogens is 2. The van der Waals surface area contributed by atoms with Crippen molar-refractivity contribution in [2.75, 3.05) is 7.11 Å². The Bertz CT molecular complexity index is 1420. The lowest BCUT2D eigenvalue weighted by Gasteiger charge is -2.39. The highest BCUT2D eigenvalue weighted by molar-refractivity contribution is 5.68. The molecule has 1 aliphatic rings. The third-order valence-electron chi connectivity index (χ3n) is 5.69. The highest BCUT2D eigenvalue weighted by Gasteiger charge is 2.38. The fraction of sp³-hybridized carbons (Fsp3) is 0.269. The summed E-state index contributed by atoms with van der Waals surface area (Å²) in [5.74, 6) is 1.72. The van der Waals surface area contributed by atoms with E-state index in [-0.39, 0.29) is 11.9 Å². The van der Waals surface area contributed by atoms with E-state index < -0.39 is 11.2 Å². The summed E-state index contributed by atoms with van der Waals surface area (Å²) in [6, 6.07) is 9.57. The second kappa shape index (κ2) is 9.05. The van der Waals surface area contributed by atoms with Gasteiger partial charge in [0, 0.05) is 35.4 Å². The Hall–Kier alpha value is -4.07. The molecular weight excluding hydrogens is 436 g/mol. The second-order valence-electron chi connectivity index (χ2n) is 8.50. The largest absolute Gasteiger partial charge is 0.508 e. The Morgan fingerprint density at radius 1 is 1.21 bits per heavy atom. The molecule has 1 atom stereocenters. The van der Waals surface area contributed by atoms with Gasteiger partial charge in [-0.1, -0.05) is 6.58 Å². The van der Waals surface area contributed by atoms with Crippen molar-refractivity contribution in [2.45, 2.75) is 38.9 Å². The number of methoxy groups -OCH3 is 1. The lowest BCUT2D eigenvalue weighted by Crippen LogP contribution is -2.46. The topological polar surface area (TPSA) is 104 Å². The van der Waals surface area contributed by atoms with Gasteiger partial charge in [-0.2, -0.15) is 0 Å². The molecule has 4 rings (SSSR count). The molecule has 176 valence electrons. The summed E-state index contributed by atoms with van der Waals surface area (Å²) < 4.78 is 23.0. The molecule has 0 aliphatic carbocycles. The van der Waals surface area contributed by atoms with Crippen LogP contribution in [0.4, 0.5) is 0 Å². The Morgan fingerprint density at radius 3 is 2.74 bits per heavy atom. The molecule has 1 unspecified atom stereocenters. The van der Waals surface area contributed by atoms with E-state index in [9.17, 15) is 9.90 Å². The summed E-state index contributed by atoms with van der Waals surface area (Å²) >= 11 is 0. The lowest BCUT2D eigenvalue weighted by molar-refractivity contribution is -0.0708. The van der Waals surface area contributed by atoms with Gasteiger partial charge >= 0.3 is 5.63 Å². The molecule has 0 fully saturated rings. The van der Waals surface area contributed by atoms with Gasteiger partial charge < -0.3 is 23.7 Å². The molecule has 0 bridgehead atoms. The molecule has 1 aliphatic heterocycles. The zero-order valence-corrected chi connectivity index (χ0v) is 19.5. The van der Waals surface area contributed by atoms with Crippen LogP contribution in [0.15, 0.2) is 63.3 Å². The number of aromatic hydroxyl groups is 1. The van der Waals surface area contributed by atoms with E-state index in [0.717, 1.165) is 11.3 Å². The van der Waals surface area contributed by atoms with Gasteiger partial charge in [-0.15, -0.1) is 0 Å². The molecule has 1 N–H and O–H groups in total. The fourth-order valence-electron chi connectivity index (χ4n) is 3.83. The molecule has 0 amide bonds. The van der Waals surface area contributed by atoms with Crippen LogP contribution in [0.5, 0.6) is 17.4 Å². The number of benzene rings is 1. The molecule has 3 aromatic rings. The van der Waals surface area contributed by atoms with Gasteiger partial charge in [0.05, 0.1) is 18.6 Å². The van der Waals surface area contributed by atoms with Gasteiger partial charge in [-0.3, -0.25) is 0 Å². The van der Waals surface area contributed by atoms with E-state index in [2.05, 4.69) is 16.5 Å². The van der Waals surface area contributed by atoms with Crippen LogP contribution in [0, 0.1) is 0 Å². The number of rotatable bonds is 5. The standard InChI is InChI=1S/C26H26N2O6/c1-15-17(6-9-25(30)32-15)10-18-11-23(26(3,4)34-16(18)2)33-24-13-21(27-14-28-24)20-8-7-19(29)12-22(20)31-5/h6-10,12-14,23,29H,1,11H2,2-5H3/b17-10-. The van der Waals surface area contributed by atoms with E-state index in [4.69, 9.17) is 18.6 Å². The molecule has 1 aromatic carbocycles. The van der Waals surface area contributed by atoms with Crippen molar-refractivity contribution in [3.8, 4) is 28.6 Å². The van der Waals surface area contributed by atoms with Crippen molar-refractivity contribution in [2.24, 2.45) is 0 Å². The summed E-state index contributed by atoms with van der Waals surface area (Å²) in [5, 5.41) is 10.4. The summed E-state index contributed by atoms with van der Waals surface area (Å²) in [4.78, 5) is 20.0. The van der Waals surface area contributed by atoms with Crippen molar-refractivity contribution in [1.82, 2.24) is 9.97 Å². The van der Waals surface area contributed by atoms with Gasteiger partial charge in [-0.25, -0.2) is 14.8 Å². The van der Waals surface area contributed by atoms with E-state index in [0.29, 0.717) is 39.9 Å². The minimum absolute atomic E-state index is 0.0984. The summed E-state index contributed by atoms with van der Waals surface area (Å²) in [6.07, 6.45) is 3.48. The molecule has 0 spiro atoms. The predicted octanol–water partition coefficient (Wildman–Crippen LogP) is 2.92. The first-order chi connectivity index (χ1) is 16.2. The van der Waals surface area contributed by atoms with Gasteiger partial charge in [0.2, 0.25) is 5.88 Å². The maximum Gasteiger partial charge on any atom is 0.336 e. The fourth-order valence-corrected chi connectivity index (χ4v) is 3.83. The first-order valence-corrected chi connectivity index (χ1v) is 10.7. The van der Waals surface area contributed by atoms with Crippen LogP contribution in [0.3, 0.4) is 0 Å². The summed E-state index contributed by atoms with van der Waals surface area (Å²) in [7, 11) is 1.53. The van der Waals surface area contributed by atoms with Crippen molar-refractivity contribution >= 4 is 12.7 Å². The van der Waals surface area contributed by atoms with Gasteiger partial charge in [-0.05, 0) is 50.6 Å². The zero-order valence-electron chi connectivity index (χ0n) is 19.5. The molecule has 0 saturated heterocycles. The number of allylic oxidation sites excluding steroid dienone is 1. The Morgan fingerprint density at radius 2 is 2.00 bits per heavy atom. The molecule has 0 saturated carbocycles. The van der Waals surface area contributed by atoms with E-state index >= 15 is 0 Å². The normalized spacial score (nSPS) is 17.9. The monoisotopic (exact) mass is 462 g/mol. The van der Waals surface area contributed by atoms with Gasteiger partial charge in [0.25, 0.3) is 0 Å². The van der Waals surface area contributed by atoms with Crippen LogP contribution >= 0.6 is 0 Å². The van der Waals surface area contributed by atoms with Crippen LogP contribution in [0.2, 0.25) is 0 Å². The third kappa shape index (κ3) is 4.80. The van der Waals surface area contributed by atoms with Gasteiger partial charge in [0.1, 0.15) is 34.9 Å². The highest BCUT2D eigenvalue weighted by Crippen LogP contribution is 2.36. The Kier molecular flexibility index (Phi) is 6.15. The smallest absolute Gasteiger partial charge is 0.336 e. The van der Waals surface area contributed by atoms with Crippen molar-refractivity contribution in [3.63, 3.8) is 0 Å². The summed E-state index contributed by atoms with van der Waals surface area (Å²) in [5.41, 5.74) is 1.41. The van der Waals surface area contributed by atoms with Crippen molar-refractivity contribution in [3.05, 3.63) is 75.1 Å². The Labute approximate surface area is 196 Å². The summed E-state index contributed by atoms with van der Waals surface area (Å²) in [6.45, 7) is 9.62.